The third-order valence-corrected chi connectivity index (χ3v) is 8.00. The molecule has 2 aromatic rings. The number of piperidine rings is 1. The molecule has 0 unspecified atom stereocenters. The van der Waals surface area contributed by atoms with Gasteiger partial charge in [-0.2, -0.15) is 0 Å². The summed E-state index contributed by atoms with van der Waals surface area (Å²) >= 11 is 3.61. The summed E-state index contributed by atoms with van der Waals surface area (Å²) in [5.41, 5.74) is 2.63. The maximum absolute atomic E-state index is 12.4. The Labute approximate surface area is 193 Å². The number of halogens is 1. The van der Waals surface area contributed by atoms with Crippen molar-refractivity contribution in [2.75, 3.05) is 13.1 Å². The van der Waals surface area contributed by atoms with Gasteiger partial charge in [0.15, 0.2) is 0 Å². The van der Waals surface area contributed by atoms with Crippen LogP contribution in [0.1, 0.15) is 89.7 Å². The molecule has 0 radical (unpaired) electrons. The van der Waals surface area contributed by atoms with Crippen LogP contribution in [0.5, 0.6) is 0 Å². The molecule has 6 heteroatoms. The second-order valence-corrected chi connectivity index (χ2v) is 11.9. The van der Waals surface area contributed by atoms with Crippen LogP contribution in [-0.2, 0) is 4.74 Å². The number of aromatic nitrogens is 2. The fourth-order valence-electron chi connectivity index (χ4n) is 5.61. The van der Waals surface area contributed by atoms with Crippen LogP contribution in [0.25, 0.3) is 11.0 Å². The summed E-state index contributed by atoms with van der Waals surface area (Å²) in [4.78, 5) is 19.1. The first-order valence-corrected chi connectivity index (χ1v) is 12.7. The molecule has 5 nitrogen and oxygen atoms in total. The van der Waals surface area contributed by atoms with Gasteiger partial charge >= 0.3 is 6.09 Å². The first-order valence-electron chi connectivity index (χ1n) is 11.9. The topological polar surface area (TPSA) is 47.4 Å². The Morgan fingerprint density at radius 2 is 1.81 bits per heavy atom. The SMILES string of the molecule is CC(C)(C)OC(=O)N1CCC2(CCC(n3cc(C4CC4)c4cc(Br)cnc43)CC2)CC1. The standard InChI is InChI=1S/C25H34BrN3O2/c1-24(2,3)31-23(30)28-12-10-25(11-13-28)8-6-19(7-9-25)29-16-21(17-4-5-17)20-14-18(26)15-27-22(20)29/h14-17,19H,4-13H2,1-3H3. The Bertz CT molecular complexity index is 971. The lowest BCUT2D eigenvalue weighted by Crippen LogP contribution is -2.46. The average molecular weight is 488 g/mol. The average Bonchev–Trinajstić information content (AvgIpc) is 3.49. The highest BCUT2D eigenvalue weighted by Gasteiger charge is 2.40. The first-order chi connectivity index (χ1) is 14.7. The number of hydrogen-bond acceptors (Lipinski definition) is 3. The molecule has 1 saturated heterocycles. The number of pyridine rings is 1. The summed E-state index contributed by atoms with van der Waals surface area (Å²) in [5, 5.41) is 1.34. The molecular weight excluding hydrogens is 454 g/mol. The summed E-state index contributed by atoms with van der Waals surface area (Å²) in [6.07, 6.45) is 13.9. The summed E-state index contributed by atoms with van der Waals surface area (Å²) in [6.45, 7) is 7.46. The number of carbonyl (C=O) groups is 1. The molecule has 3 aliphatic rings. The van der Waals surface area contributed by atoms with Gasteiger partial charge in [-0.1, -0.05) is 0 Å². The largest absolute Gasteiger partial charge is 0.444 e. The number of amides is 1. The van der Waals surface area contributed by atoms with Gasteiger partial charge in [-0.15, -0.1) is 0 Å². The number of likely N-dealkylation sites (tertiary alicyclic amines) is 1. The summed E-state index contributed by atoms with van der Waals surface area (Å²) in [5.74, 6) is 0.729. The van der Waals surface area contributed by atoms with E-state index in [4.69, 9.17) is 9.72 Å². The van der Waals surface area contributed by atoms with E-state index < -0.39 is 5.60 Å². The van der Waals surface area contributed by atoms with Crippen LogP contribution in [0.3, 0.4) is 0 Å². The van der Waals surface area contributed by atoms with E-state index in [0.717, 1.165) is 42.0 Å². The maximum atomic E-state index is 12.4. The van der Waals surface area contributed by atoms with Gasteiger partial charge in [-0.05, 0) is 111 Å². The molecule has 1 aliphatic heterocycles. The highest BCUT2D eigenvalue weighted by molar-refractivity contribution is 9.10. The predicted octanol–water partition coefficient (Wildman–Crippen LogP) is 6.81. The molecule has 2 aliphatic carbocycles. The van der Waals surface area contributed by atoms with Crippen LogP contribution in [-0.4, -0.2) is 39.2 Å². The molecule has 168 valence electrons. The van der Waals surface area contributed by atoms with Crippen LogP contribution in [0.15, 0.2) is 22.9 Å². The van der Waals surface area contributed by atoms with Gasteiger partial charge in [-0.3, -0.25) is 0 Å². The van der Waals surface area contributed by atoms with Crippen molar-refractivity contribution < 1.29 is 9.53 Å². The van der Waals surface area contributed by atoms with Gasteiger partial charge < -0.3 is 14.2 Å². The van der Waals surface area contributed by atoms with E-state index in [-0.39, 0.29) is 6.09 Å². The van der Waals surface area contributed by atoms with Crippen molar-refractivity contribution in [3.8, 4) is 0 Å². The number of fused-ring (bicyclic) bond motifs is 1. The molecule has 3 fully saturated rings. The minimum Gasteiger partial charge on any atom is -0.444 e. The molecule has 2 aromatic heterocycles. The van der Waals surface area contributed by atoms with Gasteiger partial charge in [0.05, 0.1) is 0 Å². The minimum absolute atomic E-state index is 0.153. The Hall–Kier alpha value is -1.56. The number of ether oxygens (including phenoxy) is 1. The smallest absolute Gasteiger partial charge is 0.410 e. The van der Waals surface area contributed by atoms with E-state index in [0.29, 0.717) is 11.5 Å². The zero-order valence-corrected chi connectivity index (χ0v) is 20.6. The third kappa shape index (κ3) is 4.37. The molecule has 5 rings (SSSR count). The highest BCUT2D eigenvalue weighted by Crippen LogP contribution is 2.50. The molecule has 2 saturated carbocycles. The van der Waals surface area contributed by atoms with Gasteiger partial charge in [0.25, 0.3) is 0 Å². The molecular formula is C25H34BrN3O2. The summed E-state index contributed by atoms with van der Waals surface area (Å²) < 4.78 is 9.13. The van der Waals surface area contributed by atoms with Crippen molar-refractivity contribution in [1.82, 2.24) is 14.5 Å². The fraction of sp³-hybridized carbons (Fsp3) is 0.680. The number of carbonyl (C=O) groups excluding carboxylic acids is 1. The normalized spacial score (nSPS) is 22.3. The third-order valence-electron chi connectivity index (χ3n) is 7.57. The molecule has 31 heavy (non-hydrogen) atoms. The van der Waals surface area contributed by atoms with Crippen LogP contribution in [0.4, 0.5) is 4.79 Å². The monoisotopic (exact) mass is 487 g/mol. The second kappa shape index (κ2) is 7.79. The van der Waals surface area contributed by atoms with E-state index in [1.165, 1.54) is 49.5 Å². The van der Waals surface area contributed by atoms with Crippen molar-refractivity contribution in [3.63, 3.8) is 0 Å². The Morgan fingerprint density at radius 3 is 2.42 bits per heavy atom. The molecule has 1 amide bonds. The Kier molecular flexibility index (Phi) is 5.35. The molecule has 0 bridgehead atoms. The van der Waals surface area contributed by atoms with Crippen molar-refractivity contribution >= 4 is 33.1 Å². The van der Waals surface area contributed by atoms with Gasteiger partial charge in [0, 0.05) is 41.4 Å². The lowest BCUT2D eigenvalue weighted by atomic mass is 9.67. The zero-order chi connectivity index (χ0) is 21.8. The Balaban J connectivity index is 1.25. The van der Waals surface area contributed by atoms with Crippen molar-refractivity contribution in [1.29, 1.82) is 0 Å². The number of hydrogen-bond donors (Lipinski definition) is 0. The van der Waals surface area contributed by atoms with Gasteiger partial charge in [0.1, 0.15) is 11.2 Å². The molecule has 0 N–H and O–H groups in total. The van der Waals surface area contributed by atoms with Crippen molar-refractivity contribution in [2.24, 2.45) is 5.41 Å². The highest BCUT2D eigenvalue weighted by atomic mass is 79.9. The fourth-order valence-corrected chi connectivity index (χ4v) is 5.94. The van der Waals surface area contributed by atoms with Crippen molar-refractivity contribution in [3.05, 3.63) is 28.5 Å². The van der Waals surface area contributed by atoms with Crippen LogP contribution >= 0.6 is 15.9 Å². The molecule has 0 atom stereocenters. The number of rotatable bonds is 2. The van der Waals surface area contributed by atoms with E-state index in [1.807, 2.05) is 31.9 Å². The lowest BCUT2D eigenvalue weighted by molar-refractivity contribution is 0.00198. The molecule has 0 aromatic carbocycles. The molecule has 1 spiro atoms. The van der Waals surface area contributed by atoms with Gasteiger partial charge in [-0.25, -0.2) is 9.78 Å². The van der Waals surface area contributed by atoms with Crippen LogP contribution < -0.4 is 0 Å². The quantitative estimate of drug-likeness (QED) is 0.467. The van der Waals surface area contributed by atoms with E-state index in [9.17, 15) is 4.79 Å². The van der Waals surface area contributed by atoms with E-state index in [2.05, 4.69) is 32.8 Å². The number of nitrogens with zero attached hydrogens (tertiary/aromatic N) is 3. The van der Waals surface area contributed by atoms with Gasteiger partial charge in [0.2, 0.25) is 0 Å². The summed E-state index contributed by atoms with van der Waals surface area (Å²) in [6, 6.07) is 2.79. The first kappa shape index (κ1) is 21.3. The minimum atomic E-state index is -0.424. The van der Waals surface area contributed by atoms with Crippen LogP contribution in [0.2, 0.25) is 0 Å². The Morgan fingerprint density at radius 1 is 1.13 bits per heavy atom. The van der Waals surface area contributed by atoms with Crippen LogP contribution in [0, 0.1) is 5.41 Å². The lowest BCUT2D eigenvalue weighted by Gasteiger charge is -2.46. The van der Waals surface area contributed by atoms with Crippen molar-refractivity contribution in [2.45, 2.75) is 89.7 Å². The zero-order valence-electron chi connectivity index (χ0n) is 19.0. The molecule has 3 heterocycles. The summed E-state index contributed by atoms with van der Waals surface area (Å²) in [7, 11) is 0. The second-order valence-electron chi connectivity index (χ2n) is 11.0. The maximum Gasteiger partial charge on any atom is 0.410 e. The predicted molar refractivity (Wildman–Crippen MR) is 126 cm³/mol. The van der Waals surface area contributed by atoms with E-state index in [1.54, 1.807) is 0 Å². The van der Waals surface area contributed by atoms with E-state index >= 15 is 0 Å².